The maximum absolute atomic E-state index is 11.9. The van der Waals surface area contributed by atoms with Crippen molar-refractivity contribution in [3.8, 4) is 0 Å². The van der Waals surface area contributed by atoms with Gasteiger partial charge in [-0.3, -0.25) is 4.79 Å². The van der Waals surface area contributed by atoms with E-state index in [4.69, 9.17) is 0 Å². The molecule has 90 valence electrons. The Kier molecular flexibility index (Phi) is 2.81. The molecule has 0 bridgehead atoms. The number of hydrogen-bond donors (Lipinski definition) is 2. The lowest BCUT2D eigenvalue weighted by Crippen LogP contribution is -2.38. The number of aliphatic hydroxyl groups is 1. The van der Waals surface area contributed by atoms with Crippen molar-refractivity contribution in [1.29, 1.82) is 0 Å². The van der Waals surface area contributed by atoms with E-state index >= 15 is 0 Å². The third-order valence-corrected chi connectivity index (χ3v) is 2.21. The molecular weight excluding hydrogens is 220 g/mol. The van der Waals surface area contributed by atoms with Gasteiger partial charge in [0.15, 0.2) is 5.65 Å². The molecule has 0 saturated carbocycles. The Morgan fingerprint density at radius 3 is 3.06 bits per heavy atom. The molecule has 2 heterocycles. The molecule has 2 rings (SSSR count). The van der Waals surface area contributed by atoms with E-state index in [1.165, 1.54) is 10.7 Å². The first-order chi connectivity index (χ1) is 7.97. The van der Waals surface area contributed by atoms with Crippen molar-refractivity contribution in [1.82, 2.24) is 19.9 Å². The van der Waals surface area contributed by atoms with Crippen LogP contribution in [0.1, 0.15) is 24.2 Å². The summed E-state index contributed by atoms with van der Waals surface area (Å²) in [7, 11) is 0. The summed E-state index contributed by atoms with van der Waals surface area (Å²) in [6.45, 7) is 3.43. The lowest BCUT2D eigenvalue weighted by Gasteiger charge is -2.17. The summed E-state index contributed by atoms with van der Waals surface area (Å²) in [5.41, 5.74) is -0.0397. The minimum absolute atomic E-state index is 0.177. The zero-order chi connectivity index (χ0) is 12.5. The average Bonchev–Trinajstić information content (AvgIpc) is 2.68. The van der Waals surface area contributed by atoms with E-state index in [9.17, 15) is 9.90 Å². The summed E-state index contributed by atoms with van der Waals surface area (Å²) < 4.78 is 1.53. The summed E-state index contributed by atoms with van der Waals surface area (Å²) in [5.74, 6) is -0.291. The van der Waals surface area contributed by atoms with Gasteiger partial charge < -0.3 is 10.4 Å². The van der Waals surface area contributed by atoms with Gasteiger partial charge in [0, 0.05) is 18.9 Å². The van der Waals surface area contributed by atoms with Crippen LogP contribution >= 0.6 is 0 Å². The summed E-state index contributed by atoms with van der Waals surface area (Å²) in [4.78, 5) is 15.9. The largest absolute Gasteiger partial charge is 0.389 e. The standard InChI is InChI=1S/C11H14N4O2/c1-11(2,17)7-13-10(16)8-6-14-15-5-3-4-12-9(8)15/h3-6,17H,7H2,1-2H3,(H,13,16). The SMILES string of the molecule is CC(C)(O)CNC(=O)c1cnn2cccnc12. The number of rotatable bonds is 3. The highest BCUT2D eigenvalue weighted by Crippen LogP contribution is 2.07. The molecular formula is C11H14N4O2. The molecule has 0 aromatic carbocycles. The highest BCUT2D eigenvalue weighted by Gasteiger charge is 2.17. The van der Waals surface area contributed by atoms with Gasteiger partial charge >= 0.3 is 0 Å². The van der Waals surface area contributed by atoms with Crippen molar-refractivity contribution in [2.24, 2.45) is 0 Å². The number of aromatic nitrogens is 3. The van der Waals surface area contributed by atoms with E-state index < -0.39 is 5.60 Å². The first-order valence-electron chi connectivity index (χ1n) is 5.26. The van der Waals surface area contributed by atoms with Gasteiger partial charge in [0.2, 0.25) is 0 Å². The van der Waals surface area contributed by atoms with E-state index in [0.717, 1.165) is 0 Å². The third-order valence-electron chi connectivity index (χ3n) is 2.21. The highest BCUT2D eigenvalue weighted by molar-refractivity contribution is 5.99. The number of hydrogen-bond acceptors (Lipinski definition) is 4. The number of nitrogens with one attached hydrogen (secondary N) is 1. The van der Waals surface area contributed by atoms with E-state index in [0.29, 0.717) is 11.2 Å². The Morgan fingerprint density at radius 1 is 1.59 bits per heavy atom. The maximum atomic E-state index is 11.9. The van der Waals surface area contributed by atoms with Gasteiger partial charge in [-0.05, 0) is 19.9 Å². The maximum Gasteiger partial charge on any atom is 0.256 e. The van der Waals surface area contributed by atoms with Crippen molar-refractivity contribution in [3.05, 3.63) is 30.2 Å². The van der Waals surface area contributed by atoms with Crippen LogP contribution in [-0.4, -0.2) is 37.8 Å². The topological polar surface area (TPSA) is 79.5 Å². The van der Waals surface area contributed by atoms with Gasteiger partial charge in [0.1, 0.15) is 5.56 Å². The van der Waals surface area contributed by atoms with Crippen LogP contribution in [0.2, 0.25) is 0 Å². The molecule has 6 nitrogen and oxygen atoms in total. The van der Waals surface area contributed by atoms with E-state index in [1.54, 1.807) is 32.3 Å². The molecule has 0 aliphatic heterocycles. The molecule has 0 fully saturated rings. The minimum atomic E-state index is -0.938. The molecule has 17 heavy (non-hydrogen) atoms. The second kappa shape index (κ2) is 4.14. The van der Waals surface area contributed by atoms with Crippen molar-refractivity contribution in [2.45, 2.75) is 19.4 Å². The molecule has 0 atom stereocenters. The molecule has 2 aromatic heterocycles. The Labute approximate surface area is 98.3 Å². The number of carbonyl (C=O) groups is 1. The van der Waals surface area contributed by atoms with Gasteiger partial charge in [0.05, 0.1) is 11.8 Å². The molecule has 0 spiro atoms. The van der Waals surface area contributed by atoms with Gasteiger partial charge in [-0.1, -0.05) is 0 Å². The summed E-state index contributed by atoms with van der Waals surface area (Å²) in [6.07, 6.45) is 4.78. The minimum Gasteiger partial charge on any atom is -0.389 e. The van der Waals surface area contributed by atoms with Crippen LogP contribution in [0.25, 0.3) is 5.65 Å². The first-order valence-corrected chi connectivity index (χ1v) is 5.26. The van der Waals surface area contributed by atoms with Crippen molar-refractivity contribution < 1.29 is 9.90 Å². The molecule has 2 N–H and O–H groups in total. The fourth-order valence-electron chi connectivity index (χ4n) is 1.38. The predicted molar refractivity (Wildman–Crippen MR) is 61.6 cm³/mol. The highest BCUT2D eigenvalue weighted by atomic mass is 16.3. The molecule has 0 unspecified atom stereocenters. The number of amides is 1. The second-order valence-electron chi connectivity index (χ2n) is 4.44. The van der Waals surface area contributed by atoms with Crippen LogP contribution in [-0.2, 0) is 0 Å². The molecule has 0 saturated heterocycles. The zero-order valence-corrected chi connectivity index (χ0v) is 9.71. The molecule has 6 heteroatoms. The fraction of sp³-hybridized carbons (Fsp3) is 0.364. The van der Waals surface area contributed by atoms with E-state index in [1.807, 2.05) is 0 Å². The normalized spacial score (nSPS) is 11.7. The van der Waals surface area contributed by atoms with E-state index in [2.05, 4.69) is 15.4 Å². The van der Waals surface area contributed by atoms with Gasteiger partial charge in [-0.2, -0.15) is 5.10 Å². The number of fused-ring (bicyclic) bond motifs is 1. The fourth-order valence-corrected chi connectivity index (χ4v) is 1.38. The van der Waals surface area contributed by atoms with E-state index in [-0.39, 0.29) is 12.5 Å². The van der Waals surface area contributed by atoms with Crippen LogP contribution in [0, 0.1) is 0 Å². The predicted octanol–water partition coefficient (Wildman–Crippen LogP) is 0.230. The monoisotopic (exact) mass is 234 g/mol. The first kappa shape index (κ1) is 11.5. The Bertz CT molecular complexity index is 542. The lowest BCUT2D eigenvalue weighted by atomic mass is 10.1. The molecule has 0 radical (unpaired) electrons. The molecule has 0 aliphatic rings. The summed E-state index contributed by atoms with van der Waals surface area (Å²) in [5, 5.41) is 16.2. The molecule has 0 aliphatic carbocycles. The number of carbonyl (C=O) groups excluding carboxylic acids is 1. The lowest BCUT2D eigenvalue weighted by molar-refractivity contribution is 0.0695. The van der Waals surface area contributed by atoms with Crippen molar-refractivity contribution in [3.63, 3.8) is 0 Å². The van der Waals surface area contributed by atoms with Crippen molar-refractivity contribution >= 4 is 11.6 Å². The van der Waals surface area contributed by atoms with Crippen LogP contribution in [0.4, 0.5) is 0 Å². The van der Waals surface area contributed by atoms with Crippen LogP contribution in [0.5, 0.6) is 0 Å². The van der Waals surface area contributed by atoms with Gasteiger partial charge in [0.25, 0.3) is 5.91 Å². The second-order valence-corrected chi connectivity index (χ2v) is 4.44. The average molecular weight is 234 g/mol. The van der Waals surface area contributed by atoms with Crippen LogP contribution in [0.3, 0.4) is 0 Å². The third kappa shape index (κ3) is 2.59. The Balaban J connectivity index is 2.20. The Morgan fingerprint density at radius 2 is 2.35 bits per heavy atom. The van der Waals surface area contributed by atoms with Gasteiger partial charge in [-0.15, -0.1) is 0 Å². The number of nitrogens with zero attached hydrogens (tertiary/aromatic N) is 3. The van der Waals surface area contributed by atoms with Crippen LogP contribution in [0.15, 0.2) is 24.7 Å². The molecule has 1 amide bonds. The zero-order valence-electron chi connectivity index (χ0n) is 9.71. The summed E-state index contributed by atoms with van der Waals surface area (Å²) >= 11 is 0. The van der Waals surface area contributed by atoms with Gasteiger partial charge in [-0.25, -0.2) is 9.50 Å². The van der Waals surface area contributed by atoms with Crippen LogP contribution < -0.4 is 5.32 Å². The van der Waals surface area contributed by atoms with Crippen molar-refractivity contribution in [2.75, 3.05) is 6.54 Å². The summed E-state index contributed by atoms with van der Waals surface area (Å²) in [6, 6.07) is 1.73. The Hall–Kier alpha value is -1.95. The quantitative estimate of drug-likeness (QED) is 0.796. The smallest absolute Gasteiger partial charge is 0.256 e. The molecule has 2 aromatic rings.